The van der Waals surface area contributed by atoms with Crippen LogP contribution in [0.15, 0.2) is 78.2 Å². The Kier molecular flexibility index (Phi) is 4.41. The molecule has 1 aliphatic rings. The van der Waals surface area contributed by atoms with Crippen molar-refractivity contribution in [3.8, 4) is 11.3 Å². The highest BCUT2D eigenvalue weighted by molar-refractivity contribution is 7.14. The van der Waals surface area contributed by atoms with Crippen LogP contribution in [0.25, 0.3) is 11.3 Å². The molecule has 0 radical (unpaired) electrons. The summed E-state index contributed by atoms with van der Waals surface area (Å²) in [5, 5.41) is 6.04. The third-order valence-electron chi connectivity index (χ3n) is 5.00. The summed E-state index contributed by atoms with van der Waals surface area (Å²) >= 11 is 1.50. The highest BCUT2D eigenvalue weighted by atomic mass is 32.1. The predicted octanol–water partition coefficient (Wildman–Crippen LogP) is 5.66. The average Bonchev–Trinajstić information content (AvgIpc) is 3.33. The fraction of sp³-hybridized carbons (Fsp3) is 0.0417. The number of carbonyl (C=O) groups excluding carboxylic acids is 2. The molecule has 1 aromatic heterocycles. The largest absolute Gasteiger partial charge is 0.332 e. The normalized spacial score (nSPS) is 12.9. The summed E-state index contributed by atoms with van der Waals surface area (Å²) < 4.78 is 0. The minimum atomic E-state index is -0.298. The number of rotatable bonds is 4. The van der Waals surface area contributed by atoms with E-state index >= 15 is 0 Å². The second kappa shape index (κ2) is 7.24. The first-order valence-corrected chi connectivity index (χ1v) is 10.4. The van der Waals surface area contributed by atoms with Crippen LogP contribution in [0.4, 0.5) is 16.5 Å². The topological polar surface area (TPSA) is 62.3 Å². The van der Waals surface area contributed by atoms with Crippen molar-refractivity contribution < 1.29 is 9.59 Å². The molecule has 146 valence electrons. The fourth-order valence-corrected chi connectivity index (χ4v) is 4.19. The van der Waals surface area contributed by atoms with E-state index in [0.29, 0.717) is 16.8 Å². The summed E-state index contributed by atoms with van der Waals surface area (Å²) in [6.07, 6.45) is 0. The standard InChI is InChI=1S/C24H17N3O2S/c1-15-9-11-17(12-10-15)25-24-26-21(14-30-24)16-5-4-6-18(13-16)27-22(28)19-7-2-3-8-20(19)23(27)29/h2-14H,1H3,(H,25,26). The number of nitrogens with one attached hydrogen (secondary N) is 1. The van der Waals surface area contributed by atoms with E-state index in [1.807, 2.05) is 54.8 Å². The Morgan fingerprint density at radius 3 is 2.27 bits per heavy atom. The smallest absolute Gasteiger partial charge is 0.266 e. The molecule has 0 spiro atoms. The lowest BCUT2D eigenvalue weighted by Gasteiger charge is -2.14. The highest BCUT2D eigenvalue weighted by Crippen LogP contribution is 2.33. The SMILES string of the molecule is Cc1ccc(Nc2nc(-c3cccc(N4C(=O)c5ccccc5C4=O)c3)cs2)cc1. The molecule has 0 saturated carbocycles. The maximum atomic E-state index is 12.8. The van der Waals surface area contributed by atoms with Crippen LogP contribution in [0.1, 0.15) is 26.3 Å². The van der Waals surface area contributed by atoms with Crippen molar-refractivity contribution in [1.29, 1.82) is 0 Å². The van der Waals surface area contributed by atoms with Gasteiger partial charge in [0.2, 0.25) is 0 Å². The molecule has 1 aliphatic heterocycles. The summed E-state index contributed by atoms with van der Waals surface area (Å²) in [6.45, 7) is 2.05. The molecule has 1 N–H and O–H groups in total. The second-order valence-electron chi connectivity index (χ2n) is 7.07. The second-order valence-corrected chi connectivity index (χ2v) is 7.93. The zero-order valence-electron chi connectivity index (χ0n) is 16.1. The Morgan fingerprint density at radius 1 is 0.867 bits per heavy atom. The van der Waals surface area contributed by atoms with Gasteiger partial charge >= 0.3 is 0 Å². The molecule has 30 heavy (non-hydrogen) atoms. The number of hydrogen-bond donors (Lipinski definition) is 1. The van der Waals surface area contributed by atoms with Crippen molar-refractivity contribution in [3.05, 3.63) is 94.9 Å². The van der Waals surface area contributed by atoms with E-state index in [-0.39, 0.29) is 11.8 Å². The van der Waals surface area contributed by atoms with Crippen molar-refractivity contribution in [2.24, 2.45) is 0 Å². The van der Waals surface area contributed by atoms with Gasteiger partial charge in [0, 0.05) is 16.6 Å². The van der Waals surface area contributed by atoms with Crippen LogP contribution in [0.5, 0.6) is 0 Å². The number of nitrogens with zero attached hydrogens (tertiary/aromatic N) is 2. The average molecular weight is 411 g/mol. The lowest BCUT2D eigenvalue weighted by Crippen LogP contribution is -2.29. The molecule has 3 aromatic carbocycles. The van der Waals surface area contributed by atoms with Gasteiger partial charge in [-0.2, -0.15) is 0 Å². The number of imide groups is 1. The molecule has 0 bridgehead atoms. The van der Waals surface area contributed by atoms with Gasteiger partial charge in [-0.15, -0.1) is 11.3 Å². The molecule has 5 rings (SSSR count). The van der Waals surface area contributed by atoms with Crippen molar-refractivity contribution in [2.45, 2.75) is 6.92 Å². The summed E-state index contributed by atoms with van der Waals surface area (Å²) in [6, 6.07) is 22.4. The van der Waals surface area contributed by atoms with Gasteiger partial charge < -0.3 is 5.32 Å². The molecule has 4 aromatic rings. The maximum absolute atomic E-state index is 12.8. The van der Waals surface area contributed by atoms with Gasteiger partial charge in [0.15, 0.2) is 5.13 Å². The third-order valence-corrected chi connectivity index (χ3v) is 5.76. The summed E-state index contributed by atoms with van der Waals surface area (Å²) in [5.41, 5.74) is 5.22. The number of aryl methyl sites for hydroxylation is 1. The minimum absolute atomic E-state index is 0.298. The van der Waals surface area contributed by atoms with Gasteiger partial charge in [-0.3, -0.25) is 9.59 Å². The molecule has 0 fully saturated rings. The summed E-state index contributed by atoms with van der Waals surface area (Å²) in [5.74, 6) is -0.597. The number of carbonyl (C=O) groups is 2. The molecule has 6 heteroatoms. The zero-order valence-corrected chi connectivity index (χ0v) is 16.9. The Balaban J connectivity index is 1.42. The van der Waals surface area contributed by atoms with Crippen LogP contribution < -0.4 is 10.2 Å². The highest BCUT2D eigenvalue weighted by Gasteiger charge is 2.36. The van der Waals surface area contributed by atoms with Gasteiger partial charge in [-0.1, -0.05) is 42.0 Å². The van der Waals surface area contributed by atoms with Crippen molar-refractivity contribution in [1.82, 2.24) is 4.98 Å². The number of thiazole rings is 1. The molecular formula is C24H17N3O2S. The van der Waals surface area contributed by atoms with E-state index in [1.165, 1.54) is 21.8 Å². The Labute approximate surface area is 177 Å². The summed E-state index contributed by atoms with van der Waals surface area (Å²) in [4.78, 5) is 31.4. The van der Waals surface area contributed by atoms with Crippen LogP contribution in [-0.2, 0) is 0 Å². The molecule has 5 nitrogen and oxygen atoms in total. The van der Waals surface area contributed by atoms with E-state index in [0.717, 1.165) is 22.1 Å². The molecule has 2 heterocycles. The van der Waals surface area contributed by atoms with Crippen molar-refractivity contribution in [2.75, 3.05) is 10.2 Å². The predicted molar refractivity (Wildman–Crippen MR) is 120 cm³/mol. The van der Waals surface area contributed by atoms with E-state index in [4.69, 9.17) is 0 Å². The van der Waals surface area contributed by atoms with Gasteiger partial charge in [0.25, 0.3) is 11.8 Å². The number of fused-ring (bicyclic) bond motifs is 1. The fourth-order valence-electron chi connectivity index (χ4n) is 3.45. The molecule has 0 unspecified atom stereocenters. The lowest BCUT2D eigenvalue weighted by atomic mass is 10.1. The molecular weight excluding hydrogens is 394 g/mol. The van der Waals surface area contributed by atoms with E-state index in [2.05, 4.69) is 10.3 Å². The quantitative estimate of drug-likeness (QED) is 0.440. The lowest BCUT2D eigenvalue weighted by molar-refractivity contribution is 0.0926. The molecule has 0 atom stereocenters. The van der Waals surface area contributed by atoms with Gasteiger partial charge in [-0.05, 0) is 43.3 Å². The Hall–Kier alpha value is -3.77. The van der Waals surface area contributed by atoms with Crippen LogP contribution in [-0.4, -0.2) is 16.8 Å². The Bertz CT molecular complexity index is 1240. The van der Waals surface area contributed by atoms with Gasteiger partial charge in [0.05, 0.1) is 22.5 Å². The van der Waals surface area contributed by atoms with Crippen LogP contribution in [0.3, 0.4) is 0 Å². The van der Waals surface area contributed by atoms with E-state index in [1.54, 1.807) is 30.3 Å². The number of hydrogen-bond acceptors (Lipinski definition) is 5. The van der Waals surface area contributed by atoms with E-state index < -0.39 is 0 Å². The molecule has 0 saturated heterocycles. The molecule has 2 amide bonds. The third kappa shape index (κ3) is 3.17. The first-order chi connectivity index (χ1) is 14.6. The minimum Gasteiger partial charge on any atom is -0.332 e. The number of benzene rings is 3. The number of anilines is 3. The monoisotopic (exact) mass is 411 g/mol. The maximum Gasteiger partial charge on any atom is 0.266 e. The van der Waals surface area contributed by atoms with Crippen LogP contribution in [0, 0.1) is 6.92 Å². The number of aromatic nitrogens is 1. The summed E-state index contributed by atoms with van der Waals surface area (Å²) in [7, 11) is 0. The first kappa shape index (κ1) is 18.3. The van der Waals surface area contributed by atoms with Crippen molar-refractivity contribution in [3.63, 3.8) is 0 Å². The van der Waals surface area contributed by atoms with Gasteiger partial charge in [-0.25, -0.2) is 9.88 Å². The van der Waals surface area contributed by atoms with Crippen LogP contribution >= 0.6 is 11.3 Å². The number of amides is 2. The first-order valence-electron chi connectivity index (χ1n) is 9.47. The van der Waals surface area contributed by atoms with E-state index in [9.17, 15) is 9.59 Å². The van der Waals surface area contributed by atoms with Crippen molar-refractivity contribution >= 4 is 39.7 Å². The zero-order chi connectivity index (χ0) is 20.7. The molecule has 0 aliphatic carbocycles. The van der Waals surface area contributed by atoms with Crippen LogP contribution in [0.2, 0.25) is 0 Å². The van der Waals surface area contributed by atoms with Gasteiger partial charge in [0.1, 0.15) is 0 Å². The Morgan fingerprint density at radius 2 is 1.57 bits per heavy atom.